The summed E-state index contributed by atoms with van der Waals surface area (Å²) in [6, 6.07) is 2.61. The van der Waals surface area contributed by atoms with Crippen LogP contribution in [-0.4, -0.2) is 64.9 Å². The first-order valence-electron chi connectivity index (χ1n) is 11.8. The molecule has 0 fully saturated rings. The molecule has 270 valence electrons. The topological polar surface area (TPSA) is 54.4 Å². The minimum absolute atomic E-state index is 0.0228. The zero-order valence-electron chi connectivity index (χ0n) is 23.6. The number of hydrogen-bond donors (Lipinski definition) is 1. The summed E-state index contributed by atoms with van der Waals surface area (Å²) in [6.45, 7) is 8.57. The van der Waals surface area contributed by atoms with Gasteiger partial charge in [-0.05, 0) is 45.9 Å². The highest BCUT2D eigenvalue weighted by Gasteiger charge is 2.97. The van der Waals surface area contributed by atoms with Crippen molar-refractivity contribution in [2.24, 2.45) is 0 Å². The summed E-state index contributed by atoms with van der Waals surface area (Å²) >= 11 is -1.70. The Balaban J connectivity index is 3.87. The number of hydrogen-bond acceptors (Lipinski definition) is 3. The molecule has 3 nitrogen and oxygen atoms in total. The van der Waals surface area contributed by atoms with Crippen molar-refractivity contribution in [3.8, 4) is 0 Å². The molecule has 0 aromatic heterocycles. The second-order valence-corrected chi connectivity index (χ2v) is 14.5. The van der Waals surface area contributed by atoms with Crippen LogP contribution in [-0.2, 0) is 20.9 Å². The second kappa shape index (κ2) is 11.1. The van der Waals surface area contributed by atoms with Crippen LogP contribution in [0.25, 0.3) is 0 Å². The Morgan fingerprint density at radius 2 is 0.739 bits per heavy atom. The highest BCUT2D eigenvalue weighted by atomic mass is 32.2. The van der Waals surface area contributed by atoms with Crippen molar-refractivity contribution in [1.29, 1.82) is 0 Å². The van der Waals surface area contributed by atoms with Crippen molar-refractivity contribution in [2.45, 2.75) is 109 Å². The molecule has 0 bridgehead atoms. The lowest BCUT2D eigenvalue weighted by Gasteiger charge is -2.44. The van der Waals surface area contributed by atoms with E-state index in [9.17, 15) is 87.4 Å². The van der Waals surface area contributed by atoms with Crippen molar-refractivity contribution in [3.05, 3.63) is 29.3 Å². The van der Waals surface area contributed by atoms with Gasteiger partial charge in [-0.15, -0.1) is 0 Å². The second-order valence-electron chi connectivity index (χ2n) is 11.9. The summed E-state index contributed by atoms with van der Waals surface area (Å²) < 4.78 is 281. The van der Waals surface area contributed by atoms with E-state index in [1.807, 2.05) is 0 Å². The van der Waals surface area contributed by atoms with Gasteiger partial charge in [0.25, 0.3) is 0 Å². The maximum Gasteiger partial charge on any atom is 0.438 e. The van der Waals surface area contributed by atoms with E-state index in [-0.39, 0.29) is 11.1 Å². The predicted octanol–water partition coefficient (Wildman–Crippen LogP) is 9.89. The molecule has 0 spiro atoms. The zero-order chi connectivity index (χ0) is 37.6. The smallest absolute Gasteiger partial charge is 0.281 e. The third kappa shape index (κ3) is 6.13. The number of rotatable bonds is 11. The first-order valence-corrected chi connectivity index (χ1v) is 14.0. The molecular weight excluding hydrogens is 730 g/mol. The Morgan fingerprint density at radius 1 is 0.478 bits per heavy atom. The maximum absolute atomic E-state index is 14.7. The fourth-order valence-electron chi connectivity index (χ4n) is 3.25. The summed E-state index contributed by atoms with van der Waals surface area (Å²) in [5.41, 5.74) is -1.99. The van der Waals surface area contributed by atoms with Crippen molar-refractivity contribution in [2.75, 3.05) is 0 Å². The number of benzene rings is 1. The molecule has 0 atom stereocenters. The minimum atomic E-state index is -9.07. The van der Waals surface area contributed by atoms with Gasteiger partial charge in [-0.1, -0.05) is 47.6 Å². The fraction of sp³-hybridized carbons (Fsp3) is 0.739. The van der Waals surface area contributed by atoms with Crippen molar-refractivity contribution in [1.82, 2.24) is 0 Å². The maximum atomic E-state index is 14.7. The Morgan fingerprint density at radius 3 is 1.00 bits per heavy atom. The molecule has 0 saturated heterocycles. The van der Waals surface area contributed by atoms with Gasteiger partial charge in [0.05, 0.1) is 0 Å². The van der Waals surface area contributed by atoms with Gasteiger partial charge < -0.3 is 0 Å². The van der Waals surface area contributed by atoms with Crippen LogP contribution in [0.4, 0.5) is 79.0 Å². The van der Waals surface area contributed by atoms with Crippen molar-refractivity contribution >= 4 is 21.9 Å². The SMILES string of the molecule is CC(C)(C)c1cc(SC(F)(F)C(F)(F)C(F)(F)C(F)(F)C(F)(F)C(F)(F)C(F)(F)C(F)(F)C(F)(F)S(=O)(=O)O)cc(C(C)(C)C)c1. The Kier molecular flexibility index (Phi) is 10.2. The van der Waals surface area contributed by atoms with Crippen LogP contribution in [0, 0.1) is 0 Å². The van der Waals surface area contributed by atoms with E-state index < -0.39 is 89.6 Å². The molecule has 1 aromatic carbocycles. The summed E-state index contributed by atoms with van der Waals surface area (Å²) in [5.74, 6) is -61.1. The Hall–Kier alpha value is -1.78. The van der Waals surface area contributed by atoms with E-state index in [1.54, 1.807) is 0 Å². The van der Waals surface area contributed by atoms with Gasteiger partial charge in [0.1, 0.15) is 0 Å². The lowest BCUT2D eigenvalue weighted by Crippen LogP contribution is -2.76. The van der Waals surface area contributed by atoms with Crippen LogP contribution in [0.15, 0.2) is 23.1 Å². The highest BCUT2D eigenvalue weighted by Crippen LogP contribution is 2.66. The Bertz CT molecular complexity index is 1380. The van der Waals surface area contributed by atoms with Crippen molar-refractivity contribution in [3.63, 3.8) is 0 Å². The molecule has 1 rings (SSSR count). The van der Waals surface area contributed by atoms with Crippen LogP contribution in [0.2, 0.25) is 0 Å². The molecule has 1 N–H and O–H groups in total. The zero-order valence-corrected chi connectivity index (χ0v) is 25.2. The van der Waals surface area contributed by atoms with Crippen LogP contribution >= 0.6 is 11.8 Å². The van der Waals surface area contributed by atoms with Crippen molar-refractivity contribution < 1.29 is 92.0 Å². The summed E-state index contributed by atoms with van der Waals surface area (Å²) in [5, 5.41) is -14.7. The summed E-state index contributed by atoms with van der Waals surface area (Å²) in [4.78, 5) is -1.13. The monoisotopic (exact) mass is 752 g/mol. The van der Waals surface area contributed by atoms with Gasteiger partial charge in [-0.3, -0.25) is 4.55 Å². The molecule has 0 aliphatic carbocycles. The van der Waals surface area contributed by atoms with Gasteiger partial charge in [0.15, 0.2) is 0 Å². The quantitative estimate of drug-likeness (QED) is 0.139. The molecule has 23 heteroatoms. The van der Waals surface area contributed by atoms with Crippen LogP contribution < -0.4 is 0 Å². The van der Waals surface area contributed by atoms with Crippen LogP contribution in [0.1, 0.15) is 52.7 Å². The standard InChI is InChI=1S/C23H22F18O3S2/c1-13(2,3)10-7-11(14(4,5)6)9-12(8-10)45-22(38,39)20(34,35)18(30,31)16(26,27)15(24,25)17(28,29)19(32,33)21(36,37)23(40,41)46(42,43)44/h7-9H,1-6H3,(H,42,43,44). The molecule has 0 aliphatic rings. The molecule has 1 aromatic rings. The lowest BCUT2D eigenvalue weighted by atomic mass is 9.81. The highest BCUT2D eigenvalue weighted by molar-refractivity contribution is 8.00. The number of thioether (sulfide) groups is 1. The molecule has 0 amide bonds. The normalized spacial score (nSPS) is 16.2. The molecule has 0 radical (unpaired) electrons. The fourth-order valence-corrected chi connectivity index (χ4v) is 4.63. The van der Waals surface area contributed by atoms with E-state index in [2.05, 4.69) is 0 Å². The number of alkyl halides is 18. The molecule has 0 heterocycles. The average Bonchev–Trinajstić information content (AvgIpc) is 2.80. The van der Waals surface area contributed by atoms with Gasteiger partial charge in [-0.2, -0.15) is 87.4 Å². The largest absolute Gasteiger partial charge is 0.438 e. The molecule has 0 unspecified atom stereocenters. The molecule has 0 saturated carbocycles. The van der Waals surface area contributed by atoms with E-state index in [0.29, 0.717) is 12.1 Å². The van der Waals surface area contributed by atoms with Gasteiger partial charge >= 0.3 is 62.1 Å². The van der Waals surface area contributed by atoms with Gasteiger partial charge in [0.2, 0.25) is 0 Å². The third-order valence-corrected chi connectivity index (χ3v) is 8.19. The minimum Gasteiger partial charge on any atom is -0.281 e. The first-order chi connectivity index (χ1) is 19.5. The average molecular weight is 753 g/mol. The van der Waals surface area contributed by atoms with Gasteiger partial charge in [-0.25, -0.2) is 0 Å². The third-order valence-electron chi connectivity index (χ3n) is 6.31. The number of halogens is 18. The Labute approximate surface area is 252 Å². The van der Waals surface area contributed by atoms with Crippen LogP contribution in [0.5, 0.6) is 0 Å². The molecular formula is C23H22F18O3S2. The summed E-state index contributed by atoms with van der Waals surface area (Å²) in [7, 11) is -8.01. The van der Waals surface area contributed by atoms with Gasteiger partial charge in [0, 0.05) is 4.90 Å². The van der Waals surface area contributed by atoms with E-state index in [1.165, 1.54) is 47.6 Å². The lowest BCUT2D eigenvalue weighted by molar-refractivity contribution is -0.455. The van der Waals surface area contributed by atoms with E-state index in [4.69, 9.17) is 4.55 Å². The molecule has 0 aliphatic heterocycles. The summed E-state index contributed by atoms with van der Waals surface area (Å²) in [6.07, 6.45) is 0. The first kappa shape index (κ1) is 42.2. The molecule has 46 heavy (non-hydrogen) atoms. The predicted molar refractivity (Wildman–Crippen MR) is 126 cm³/mol. The van der Waals surface area contributed by atoms with Crippen LogP contribution in [0.3, 0.4) is 0 Å². The van der Waals surface area contributed by atoms with E-state index in [0.717, 1.165) is 0 Å². The van der Waals surface area contributed by atoms with E-state index >= 15 is 0 Å².